The Morgan fingerprint density at radius 1 is 0.895 bits per heavy atom. The van der Waals surface area contributed by atoms with Crippen LogP contribution in [0.4, 0.5) is 0 Å². The van der Waals surface area contributed by atoms with Gasteiger partial charge < -0.3 is 14.8 Å². The van der Waals surface area contributed by atoms with Gasteiger partial charge in [0.25, 0.3) is 0 Å². The molecule has 0 amide bonds. The minimum absolute atomic E-state index is 0. The summed E-state index contributed by atoms with van der Waals surface area (Å²) >= 11 is 0. The van der Waals surface area contributed by atoms with Gasteiger partial charge in [-0.3, -0.25) is 4.79 Å². The summed E-state index contributed by atoms with van der Waals surface area (Å²) in [4.78, 5) is 15.8. The zero-order chi connectivity index (χ0) is 26.5. The molecule has 5 rings (SSSR count). The summed E-state index contributed by atoms with van der Waals surface area (Å²) in [5.74, 6) is 1.79. The zero-order valence-electron chi connectivity index (χ0n) is 22.3. The van der Waals surface area contributed by atoms with E-state index in [9.17, 15) is 9.90 Å². The maximum Gasteiger partial charge on any atom is 0.161 e. The summed E-state index contributed by atoms with van der Waals surface area (Å²) in [7, 11) is 0. The number of pyridine rings is 1. The van der Waals surface area contributed by atoms with E-state index in [0.717, 1.165) is 45.0 Å². The first-order valence-electron chi connectivity index (χ1n) is 12.5. The molecule has 1 radical (unpaired) electrons. The fraction of sp³-hybridized carbons (Fsp3) is 0.212. The molecule has 4 nitrogen and oxygen atoms in total. The number of allylic oxidation sites excluding steroid dienone is 2. The maximum atomic E-state index is 11.0. The van der Waals surface area contributed by atoms with Crippen LogP contribution >= 0.6 is 0 Å². The Morgan fingerprint density at radius 3 is 2.26 bits per heavy atom. The van der Waals surface area contributed by atoms with Crippen molar-refractivity contribution in [1.82, 2.24) is 4.98 Å². The van der Waals surface area contributed by atoms with Crippen molar-refractivity contribution in [2.45, 2.75) is 34.6 Å². The molecule has 1 aliphatic heterocycles. The average molecular weight is 683 g/mol. The quantitative estimate of drug-likeness (QED) is 0.117. The van der Waals surface area contributed by atoms with Crippen LogP contribution in [0.15, 0.2) is 90.8 Å². The number of para-hydroxylation sites is 1. The molecular formula is C33H32IrNO3-. The number of ketones is 1. The minimum Gasteiger partial charge on any atom is -0.512 e. The van der Waals surface area contributed by atoms with E-state index in [4.69, 9.17) is 9.72 Å². The Hall–Kier alpha value is -3.53. The molecule has 197 valence electrons. The normalized spacial score (nSPS) is 11.6. The van der Waals surface area contributed by atoms with Crippen molar-refractivity contribution in [2.75, 3.05) is 0 Å². The molecule has 5 heteroatoms. The van der Waals surface area contributed by atoms with E-state index < -0.39 is 0 Å². The Kier molecular flexibility index (Phi) is 9.79. The van der Waals surface area contributed by atoms with Crippen molar-refractivity contribution in [2.24, 2.45) is 11.8 Å². The Labute approximate surface area is 238 Å². The number of fused-ring (bicyclic) bond motifs is 5. The van der Waals surface area contributed by atoms with Crippen LogP contribution in [-0.2, 0) is 24.9 Å². The Balaban J connectivity index is 0.000000287. The summed E-state index contributed by atoms with van der Waals surface area (Å²) < 4.78 is 6.17. The molecule has 1 aliphatic rings. The number of aliphatic hydroxyl groups is 1. The van der Waals surface area contributed by atoms with Crippen LogP contribution in [0.2, 0.25) is 0 Å². The molecule has 38 heavy (non-hydrogen) atoms. The SMILES string of the molecule is CC(C)C(=O)C=C(O)C(C)C.Cc1ccc(-c2cnc3c(c2)-c2ccccc2Oc2ccc[c-]c2-3)cc1.[Ir]. The van der Waals surface area contributed by atoms with Crippen molar-refractivity contribution in [3.8, 4) is 45.0 Å². The summed E-state index contributed by atoms with van der Waals surface area (Å²) in [6.45, 7) is 9.41. The molecule has 1 N–H and O–H groups in total. The number of carbonyl (C=O) groups excluding carboxylic acids is 1. The monoisotopic (exact) mass is 683 g/mol. The molecule has 0 fully saturated rings. The van der Waals surface area contributed by atoms with Crippen molar-refractivity contribution >= 4 is 5.78 Å². The van der Waals surface area contributed by atoms with E-state index in [1.54, 1.807) is 0 Å². The first kappa shape index (κ1) is 29.0. The summed E-state index contributed by atoms with van der Waals surface area (Å²) in [5.41, 5.74) is 7.42. The van der Waals surface area contributed by atoms with Crippen molar-refractivity contribution < 1.29 is 34.7 Å². The first-order valence-corrected chi connectivity index (χ1v) is 12.5. The van der Waals surface area contributed by atoms with Crippen LogP contribution < -0.4 is 4.74 Å². The first-order chi connectivity index (χ1) is 17.7. The molecule has 2 heterocycles. The molecular weight excluding hydrogens is 651 g/mol. The number of benzene rings is 3. The second-order valence-electron chi connectivity index (χ2n) is 9.77. The number of rotatable bonds is 4. The van der Waals surface area contributed by atoms with Gasteiger partial charge in [0.2, 0.25) is 0 Å². The molecule has 0 aliphatic carbocycles. The van der Waals surface area contributed by atoms with Gasteiger partial charge in [0, 0.05) is 55.5 Å². The minimum atomic E-state index is -0.0316. The van der Waals surface area contributed by atoms with Gasteiger partial charge in [0.05, 0.1) is 5.76 Å². The summed E-state index contributed by atoms with van der Waals surface area (Å²) in [6, 6.07) is 27.9. The van der Waals surface area contributed by atoms with Crippen LogP contribution in [-0.4, -0.2) is 15.9 Å². The van der Waals surface area contributed by atoms with E-state index in [1.807, 2.05) is 70.3 Å². The molecule has 0 atom stereocenters. The summed E-state index contributed by atoms with van der Waals surface area (Å²) in [6.07, 6.45) is 3.25. The van der Waals surface area contributed by atoms with E-state index >= 15 is 0 Å². The van der Waals surface area contributed by atoms with Crippen LogP contribution in [0.1, 0.15) is 33.3 Å². The van der Waals surface area contributed by atoms with E-state index in [1.165, 1.54) is 11.6 Å². The smallest absolute Gasteiger partial charge is 0.161 e. The summed E-state index contributed by atoms with van der Waals surface area (Å²) in [5, 5.41) is 9.19. The van der Waals surface area contributed by atoms with Gasteiger partial charge in [-0.1, -0.05) is 87.4 Å². The number of hydrogen-bond acceptors (Lipinski definition) is 4. The number of ether oxygens (including phenoxy) is 1. The molecule has 0 saturated carbocycles. The predicted molar refractivity (Wildman–Crippen MR) is 150 cm³/mol. The van der Waals surface area contributed by atoms with Crippen LogP contribution in [0.5, 0.6) is 11.5 Å². The van der Waals surface area contributed by atoms with Gasteiger partial charge >= 0.3 is 0 Å². The van der Waals surface area contributed by atoms with Gasteiger partial charge in [-0.2, -0.15) is 0 Å². The fourth-order valence-corrected chi connectivity index (χ4v) is 3.84. The van der Waals surface area contributed by atoms with Crippen molar-refractivity contribution in [3.05, 3.63) is 102 Å². The van der Waals surface area contributed by atoms with Gasteiger partial charge in [-0.05, 0) is 35.4 Å². The predicted octanol–water partition coefficient (Wildman–Crippen LogP) is 8.60. The van der Waals surface area contributed by atoms with Crippen LogP contribution in [0.25, 0.3) is 33.5 Å². The zero-order valence-corrected chi connectivity index (χ0v) is 24.7. The van der Waals surface area contributed by atoms with Crippen molar-refractivity contribution in [3.63, 3.8) is 0 Å². The topological polar surface area (TPSA) is 59.4 Å². The van der Waals surface area contributed by atoms with Gasteiger partial charge in [-0.15, -0.1) is 24.3 Å². The van der Waals surface area contributed by atoms with Crippen LogP contribution in [0, 0.1) is 24.8 Å². The van der Waals surface area contributed by atoms with E-state index in [2.05, 4.69) is 49.4 Å². The Bertz CT molecular complexity index is 1440. The molecule has 0 unspecified atom stereocenters. The number of aryl methyl sites for hydroxylation is 1. The number of aliphatic hydroxyl groups excluding tert-OH is 1. The second kappa shape index (κ2) is 12.8. The molecule has 0 saturated heterocycles. The van der Waals surface area contributed by atoms with Gasteiger partial charge in [0.1, 0.15) is 5.75 Å². The molecule has 1 aromatic heterocycles. The molecule has 0 spiro atoms. The average Bonchev–Trinajstić information content (AvgIpc) is 3.03. The molecule has 0 bridgehead atoms. The maximum absolute atomic E-state index is 11.0. The third-order valence-corrected chi connectivity index (χ3v) is 6.18. The molecule has 3 aromatic carbocycles. The number of nitrogens with zero attached hydrogens (tertiary/aromatic N) is 1. The Morgan fingerprint density at radius 2 is 1.58 bits per heavy atom. The standard InChI is InChI=1S/C24H16NO.C9H16O2.Ir/c1-16-10-12-17(13-11-16)18-14-21-19-6-2-4-8-22(19)26-23-9-5-3-7-20(23)24(21)25-15-18;1-6(2)8(10)5-9(11)7(3)4;/h2-6,8-15H,1H3;5-7,10H,1-4H3;/q-1;;. The number of aromatic nitrogens is 1. The van der Waals surface area contributed by atoms with Crippen molar-refractivity contribution in [1.29, 1.82) is 0 Å². The number of carbonyl (C=O) groups is 1. The van der Waals surface area contributed by atoms with Gasteiger partial charge in [0.15, 0.2) is 5.78 Å². The van der Waals surface area contributed by atoms with Gasteiger partial charge in [-0.25, -0.2) is 0 Å². The van der Waals surface area contributed by atoms with Crippen LogP contribution in [0.3, 0.4) is 0 Å². The molecule has 4 aromatic rings. The second-order valence-corrected chi connectivity index (χ2v) is 9.77. The fourth-order valence-electron chi connectivity index (χ4n) is 3.84. The third kappa shape index (κ3) is 6.66. The van der Waals surface area contributed by atoms with E-state index in [-0.39, 0.29) is 43.5 Å². The number of hydrogen-bond donors (Lipinski definition) is 1. The third-order valence-electron chi connectivity index (χ3n) is 6.18. The van der Waals surface area contributed by atoms with E-state index in [0.29, 0.717) is 0 Å². The largest absolute Gasteiger partial charge is 0.512 e.